The Kier molecular flexibility index (Phi) is 3.75. The Hall–Kier alpha value is -1.30. The lowest BCUT2D eigenvalue weighted by Crippen LogP contribution is -2.12. The fraction of sp³-hybridized carbons (Fsp3) is 0.167. The molecule has 0 aliphatic carbocycles. The second-order valence-corrected chi connectivity index (χ2v) is 5.83. The number of sulfonamides is 1. The van der Waals surface area contributed by atoms with Crippen LogP contribution in [0.5, 0.6) is 0 Å². The minimum atomic E-state index is -3.76. The van der Waals surface area contributed by atoms with E-state index < -0.39 is 10.0 Å². The standard InChI is InChI=1S/C12H12ClNO3S/c13-11-8-9(3-5-10-2-1-7-17-10)4-6-12(11)18(14,15)16/h1-2,4,6-8H,3,5H2,(H2,14,15,16). The number of nitrogens with two attached hydrogens (primary N) is 1. The molecule has 6 heteroatoms. The summed E-state index contributed by atoms with van der Waals surface area (Å²) < 4.78 is 27.6. The van der Waals surface area contributed by atoms with E-state index in [4.69, 9.17) is 21.2 Å². The van der Waals surface area contributed by atoms with Crippen LogP contribution in [0, 0.1) is 0 Å². The number of hydrogen-bond acceptors (Lipinski definition) is 3. The molecule has 1 aromatic heterocycles. The van der Waals surface area contributed by atoms with E-state index in [9.17, 15) is 8.42 Å². The molecule has 0 saturated heterocycles. The van der Waals surface area contributed by atoms with Crippen LogP contribution in [0.2, 0.25) is 5.02 Å². The third-order valence-corrected chi connectivity index (χ3v) is 3.94. The number of benzene rings is 1. The van der Waals surface area contributed by atoms with Crippen LogP contribution in [0.1, 0.15) is 11.3 Å². The number of primary sulfonamides is 1. The van der Waals surface area contributed by atoms with Crippen molar-refractivity contribution in [1.82, 2.24) is 0 Å². The van der Waals surface area contributed by atoms with Gasteiger partial charge in [-0.2, -0.15) is 0 Å². The van der Waals surface area contributed by atoms with Gasteiger partial charge in [-0.25, -0.2) is 13.6 Å². The zero-order valence-electron chi connectivity index (χ0n) is 9.47. The van der Waals surface area contributed by atoms with E-state index in [2.05, 4.69) is 0 Å². The highest BCUT2D eigenvalue weighted by molar-refractivity contribution is 7.89. The first-order valence-corrected chi connectivity index (χ1v) is 7.23. The fourth-order valence-corrected chi connectivity index (χ4v) is 2.77. The maximum Gasteiger partial charge on any atom is 0.239 e. The lowest BCUT2D eigenvalue weighted by molar-refractivity contribution is 0.508. The van der Waals surface area contributed by atoms with Gasteiger partial charge in [0.15, 0.2) is 0 Å². The maximum absolute atomic E-state index is 11.2. The summed E-state index contributed by atoms with van der Waals surface area (Å²) in [4.78, 5) is -0.0501. The summed E-state index contributed by atoms with van der Waals surface area (Å²) in [6, 6.07) is 8.46. The number of furan rings is 1. The Morgan fingerprint density at radius 1 is 1.22 bits per heavy atom. The molecule has 0 saturated carbocycles. The fourth-order valence-electron chi connectivity index (χ4n) is 1.65. The van der Waals surface area contributed by atoms with Gasteiger partial charge in [0.2, 0.25) is 10.0 Å². The van der Waals surface area contributed by atoms with E-state index in [0.29, 0.717) is 0 Å². The molecule has 2 N–H and O–H groups in total. The molecule has 1 heterocycles. The lowest BCUT2D eigenvalue weighted by Gasteiger charge is -2.04. The highest BCUT2D eigenvalue weighted by atomic mass is 35.5. The summed E-state index contributed by atoms with van der Waals surface area (Å²) in [7, 11) is -3.76. The van der Waals surface area contributed by atoms with Gasteiger partial charge in [-0.15, -0.1) is 0 Å². The minimum Gasteiger partial charge on any atom is -0.469 e. The Labute approximate surface area is 110 Å². The first-order valence-electron chi connectivity index (χ1n) is 5.30. The molecule has 0 aliphatic heterocycles. The predicted molar refractivity (Wildman–Crippen MR) is 68.9 cm³/mol. The average molecular weight is 286 g/mol. The van der Waals surface area contributed by atoms with Gasteiger partial charge in [0.25, 0.3) is 0 Å². The molecule has 0 atom stereocenters. The van der Waals surface area contributed by atoms with Gasteiger partial charge in [-0.3, -0.25) is 0 Å². The van der Waals surface area contributed by atoms with Crippen LogP contribution in [0.4, 0.5) is 0 Å². The van der Waals surface area contributed by atoms with Crippen molar-refractivity contribution in [2.75, 3.05) is 0 Å². The summed E-state index contributed by atoms with van der Waals surface area (Å²) in [5.74, 6) is 0.877. The van der Waals surface area contributed by atoms with Crippen LogP contribution in [0.25, 0.3) is 0 Å². The second kappa shape index (κ2) is 5.14. The molecule has 0 spiro atoms. The first-order chi connectivity index (χ1) is 8.47. The summed E-state index contributed by atoms with van der Waals surface area (Å²) >= 11 is 5.89. The molecule has 4 nitrogen and oxygen atoms in total. The molecule has 1 aromatic carbocycles. The molecule has 2 aromatic rings. The van der Waals surface area contributed by atoms with Crippen LogP contribution in [-0.2, 0) is 22.9 Å². The number of hydrogen-bond donors (Lipinski definition) is 1. The highest BCUT2D eigenvalue weighted by Gasteiger charge is 2.12. The van der Waals surface area contributed by atoms with E-state index in [1.807, 2.05) is 12.1 Å². The van der Waals surface area contributed by atoms with Gasteiger partial charge >= 0.3 is 0 Å². The Morgan fingerprint density at radius 2 is 2.00 bits per heavy atom. The summed E-state index contributed by atoms with van der Waals surface area (Å²) in [6.45, 7) is 0. The van der Waals surface area contributed by atoms with E-state index in [1.165, 1.54) is 6.07 Å². The normalized spacial score (nSPS) is 11.7. The van der Waals surface area contributed by atoms with Crippen molar-refractivity contribution in [3.8, 4) is 0 Å². The largest absolute Gasteiger partial charge is 0.469 e. The van der Waals surface area contributed by atoms with Crippen molar-refractivity contribution in [2.45, 2.75) is 17.7 Å². The monoisotopic (exact) mass is 285 g/mol. The lowest BCUT2D eigenvalue weighted by atomic mass is 10.1. The van der Waals surface area contributed by atoms with E-state index in [1.54, 1.807) is 18.4 Å². The van der Waals surface area contributed by atoms with Crippen LogP contribution >= 0.6 is 11.6 Å². The Balaban J connectivity index is 2.14. The number of aryl methyl sites for hydroxylation is 2. The molecule has 96 valence electrons. The van der Waals surface area contributed by atoms with Gasteiger partial charge in [0.1, 0.15) is 10.7 Å². The van der Waals surface area contributed by atoms with Crippen molar-refractivity contribution in [3.63, 3.8) is 0 Å². The number of rotatable bonds is 4. The first kappa shape index (κ1) is 13.1. The minimum absolute atomic E-state index is 0.0501. The van der Waals surface area contributed by atoms with Crippen molar-refractivity contribution in [2.24, 2.45) is 5.14 Å². The average Bonchev–Trinajstić information content (AvgIpc) is 2.77. The third kappa shape index (κ3) is 3.13. The topological polar surface area (TPSA) is 73.3 Å². The molecule has 0 amide bonds. The molecular formula is C12H12ClNO3S. The van der Waals surface area contributed by atoms with E-state index in [-0.39, 0.29) is 9.92 Å². The van der Waals surface area contributed by atoms with Crippen LogP contribution < -0.4 is 5.14 Å². The van der Waals surface area contributed by atoms with Gasteiger partial charge in [0, 0.05) is 6.42 Å². The molecule has 0 radical (unpaired) electrons. The molecule has 0 aliphatic rings. The van der Waals surface area contributed by atoms with Crippen molar-refractivity contribution < 1.29 is 12.8 Å². The molecule has 2 rings (SSSR count). The summed E-state index contributed by atoms with van der Waals surface area (Å²) in [5, 5.41) is 5.18. The van der Waals surface area contributed by atoms with Crippen molar-refractivity contribution in [3.05, 3.63) is 52.9 Å². The zero-order chi connectivity index (χ0) is 13.2. The SMILES string of the molecule is NS(=O)(=O)c1ccc(CCc2ccco2)cc1Cl. The van der Waals surface area contributed by atoms with Crippen molar-refractivity contribution in [1.29, 1.82) is 0 Å². The molecular weight excluding hydrogens is 274 g/mol. The van der Waals surface area contributed by atoms with Crippen LogP contribution in [0.15, 0.2) is 45.9 Å². The van der Waals surface area contributed by atoms with E-state index in [0.717, 1.165) is 24.2 Å². The van der Waals surface area contributed by atoms with Crippen LogP contribution in [-0.4, -0.2) is 8.42 Å². The summed E-state index contributed by atoms with van der Waals surface area (Å²) in [6.07, 6.45) is 3.07. The van der Waals surface area contributed by atoms with Gasteiger partial charge < -0.3 is 4.42 Å². The van der Waals surface area contributed by atoms with Crippen molar-refractivity contribution >= 4 is 21.6 Å². The maximum atomic E-state index is 11.2. The molecule has 0 fully saturated rings. The molecule has 0 unspecified atom stereocenters. The highest BCUT2D eigenvalue weighted by Crippen LogP contribution is 2.22. The third-order valence-electron chi connectivity index (χ3n) is 2.54. The molecule has 18 heavy (non-hydrogen) atoms. The van der Waals surface area contributed by atoms with Gasteiger partial charge in [0.05, 0.1) is 11.3 Å². The predicted octanol–water partition coefficient (Wildman–Crippen LogP) is 2.37. The Bertz CT molecular complexity index is 635. The van der Waals surface area contributed by atoms with Gasteiger partial charge in [-0.05, 0) is 36.2 Å². The van der Waals surface area contributed by atoms with E-state index >= 15 is 0 Å². The Morgan fingerprint density at radius 3 is 2.56 bits per heavy atom. The quantitative estimate of drug-likeness (QED) is 0.937. The second-order valence-electron chi connectivity index (χ2n) is 3.89. The summed E-state index contributed by atoms with van der Waals surface area (Å²) in [5.41, 5.74) is 0.934. The smallest absolute Gasteiger partial charge is 0.239 e. The number of halogens is 1. The van der Waals surface area contributed by atoms with Crippen LogP contribution in [0.3, 0.4) is 0 Å². The van der Waals surface area contributed by atoms with Gasteiger partial charge in [-0.1, -0.05) is 17.7 Å². The zero-order valence-corrected chi connectivity index (χ0v) is 11.0. The molecule has 0 bridgehead atoms.